The van der Waals surface area contributed by atoms with E-state index in [0.717, 1.165) is 34.3 Å². The maximum absolute atomic E-state index is 13.0. The fourth-order valence-corrected chi connectivity index (χ4v) is 5.43. The van der Waals surface area contributed by atoms with Gasteiger partial charge in [0.25, 0.3) is 0 Å². The van der Waals surface area contributed by atoms with Gasteiger partial charge < -0.3 is 9.64 Å². The minimum atomic E-state index is -0.558. The van der Waals surface area contributed by atoms with Crippen LogP contribution < -0.4 is 0 Å². The van der Waals surface area contributed by atoms with E-state index in [1.54, 1.807) is 7.05 Å². The second-order valence-corrected chi connectivity index (χ2v) is 12.9. The Morgan fingerprint density at radius 1 is 1.08 bits per heavy atom. The Balaban J connectivity index is 3.34. The molecule has 0 aliphatic heterocycles. The molecule has 1 aliphatic rings. The van der Waals surface area contributed by atoms with Crippen LogP contribution in [-0.4, -0.2) is 48.2 Å². The van der Waals surface area contributed by atoms with Crippen molar-refractivity contribution in [1.29, 1.82) is 0 Å². The van der Waals surface area contributed by atoms with Crippen molar-refractivity contribution < 1.29 is 14.3 Å². The van der Waals surface area contributed by atoms with Gasteiger partial charge >= 0.3 is 6.09 Å². The topological polar surface area (TPSA) is 59.0 Å². The van der Waals surface area contributed by atoms with Gasteiger partial charge in [-0.25, -0.2) is 4.79 Å². The Kier molecular flexibility index (Phi) is 14.2. The summed E-state index contributed by atoms with van der Waals surface area (Å²) < 4.78 is 5.71. The van der Waals surface area contributed by atoms with Crippen molar-refractivity contribution in [1.82, 2.24) is 4.90 Å². The number of carbonyl (C=O) groups excluding carboxylic acids is 2. The first kappa shape index (κ1) is 34.6. The molecular formula is C34H56N2O3. The number of hydrogen-bond donors (Lipinski definition) is 0. The lowest BCUT2D eigenvalue weighted by Gasteiger charge is -2.33. The van der Waals surface area contributed by atoms with E-state index in [0.29, 0.717) is 42.7 Å². The predicted molar refractivity (Wildman–Crippen MR) is 166 cm³/mol. The molecule has 1 fully saturated rings. The number of nitrogens with zero attached hydrogens (tertiary/aromatic N) is 2. The van der Waals surface area contributed by atoms with Crippen LogP contribution >= 0.6 is 0 Å². The molecule has 0 aromatic rings. The van der Waals surface area contributed by atoms with E-state index in [-0.39, 0.29) is 12.1 Å². The van der Waals surface area contributed by atoms with Crippen LogP contribution in [-0.2, 0) is 9.53 Å². The van der Waals surface area contributed by atoms with E-state index >= 15 is 0 Å². The van der Waals surface area contributed by atoms with Gasteiger partial charge in [0.1, 0.15) is 11.9 Å². The first-order chi connectivity index (χ1) is 18.1. The molecule has 0 N–H and O–H groups in total. The third-order valence-electron chi connectivity index (χ3n) is 7.50. The van der Waals surface area contributed by atoms with Crippen LogP contribution in [0.1, 0.15) is 107 Å². The summed E-state index contributed by atoms with van der Waals surface area (Å²) in [7, 11) is 1.76. The van der Waals surface area contributed by atoms with Gasteiger partial charge in [-0.05, 0) is 90.6 Å². The minimum Gasteiger partial charge on any atom is -0.444 e. The predicted octanol–water partition coefficient (Wildman–Crippen LogP) is 8.91. The molecule has 1 rings (SSSR count). The summed E-state index contributed by atoms with van der Waals surface area (Å²) in [5, 5.41) is 0. The number of allylic oxidation sites excluding steroid dienone is 5. The highest BCUT2D eigenvalue weighted by atomic mass is 16.6. The molecule has 2 atom stereocenters. The lowest BCUT2D eigenvalue weighted by atomic mass is 9.79. The molecule has 0 aromatic carbocycles. The number of aldehydes is 1. The summed E-state index contributed by atoms with van der Waals surface area (Å²) in [6.07, 6.45) is 10.3. The molecule has 1 unspecified atom stereocenters. The summed E-state index contributed by atoms with van der Waals surface area (Å²) in [5.74, 6) is 1.23. The Bertz CT molecular complexity index is 955. The molecule has 0 radical (unpaired) electrons. The standard InChI is InChI=1S/C34H56N2O3/c1-23(2)21-36(33(38)39-34(9,10)11)27(7)18-25(5)19-31(24(3)4)32(28(8)35-12)30(22-37)20-26(6)29-16-14-13-15-17-29/h20,22-23,26-27,29H,3,5,13-19,21H2,1-2,4,6-12H3/b30-20-,32-31+,35-28-/t26?,27-/m1/s1. The SMILES string of the molecule is C=C(C/C(C(=C)C)=C(C(/C)=N\C)\C(C=O)=C/C(C)C1CCCCC1)C[C@@H](C)N(CC(C)C)C(=O)OC(C)(C)C. The first-order valence-electron chi connectivity index (χ1n) is 14.8. The van der Waals surface area contributed by atoms with E-state index in [1.807, 2.05) is 46.4 Å². The smallest absolute Gasteiger partial charge is 0.410 e. The van der Waals surface area contributed by atoms with Gasteiger partial charge in [0.2, 0.25) is 0 Å². The normalized spacial score (nSPS) is 17.8. The monoisotopic (exact) mass is 540 g/mol. The Morgan fingerprint density at radius 2 is 1.67 bits per heavy atom. The van der Waals surface area contributed by atoms with Gasteiger partial charge in [0, 0.05) is 36.5 Å². The Hall–Kier alpha value is -2.43. The molecule has 5 heteroatoms. The van der Waals surface area contributed by atoms with E-state index in [4.69, 9.17) is 4.74 Å². The van der Waals surface area contributed by atoms with Crippen molar-refractivity contribution in [3.63, 3.8) is 0 Å². The second-order valence-electron chi connectivity index (χ2n) is 12.9. The van der Waals surface area contributed by atoms with Crippen molar-refractivity contribution >= 4 is 18.1 Å². The van der Waals surface area contributed by atoms with E-state index in [2.05, 4.69) is 45.0 Å². The molecule has 0 saturated heterocycles. The lowest BCUT2D eigenvalue weighted by molar-refractivity contribution is -0.104. The lowest BCUT2D eigenvalue weighted by Crippen LogP contribution is -2.44. The first-order valence-corrected chi connectivity index (χ1v) is 14.8. The van der Waals surface area contributed by atoms with Crippen LogP contribution in [0.25, 0.3) is 0 Å². The van der Waals surface area contributed by atoms with E-state index in [1.165, 1.54) is 32.1 Å². The highest BCUT2D eigenvalue weighted by Gasteiger charge is 2.28. The van der Waals surface area contributed by atoms with Crippen LogP contribution in [0.5, 0.6) is 0 Å². The fourth-order valence-electron chi connectivity index (χ4n) is 5.43. The van der Waals surface area contributed by atoms with Crippen LogP contribution in [0, 0.1) is 17.8 Å². The van der Waals surface area contributed by atoms with Crippen LogP contribution in [0.4, 0.5) is 4.79 Å². The summed E-state index contributed by atoms with van der Waals surface area (Å²) in [5.41, 5.74) is 4.66. The average Bonchev–Trinajstić information content (AvgIpc) is 2.84. The molecule has 39 heavy (non-hydrogen) atoms. The zero-order valence-corrected chi connectivity index (χ0v) is 26.7. The summed E-state index contributed by atoms with van der Waals surface area (Å²) in [4.78, 5) is 31.8. The molecule has 1 amide bonds. The Morgan fingerprint density at radius 3 is 2.13 bits per heavy atom. The largest absolute Gasteiger partial charge is 0.444 e. The van der Waals surface area contributed by atoms with Crippen LogP contribution in [0.2, 0.25) is 0 Å². The van der Waals surface area contributed by atoms with Gasteiger partial charge in [-0.1, -0.05) is 70.4 Å². The zero-order valence-electron chi connectivity index (χ0n) is 26.7. The van der Waals surface area contributed by atoms with Gasteiger partial charge in [0.15, 0.2) is 0 Å². The molecule has 220 valence electrons. The summed E-state index contributed by atoms with van der Waals surface area (Å²) in [6, 6.07) is -0.0853. The summed E-state index contributed by atoms with van der Waals surface area (Å²) in [6.45, 7) is 27.4. The van der Waals surface area contributed by atoms with Gasteiger partial charge in [-0.2, -0.15) is 0 Å². The molecule has 5 nitrogen and oxygen atoms in total. The number of amides is 1. The van der Waals surface area contributed by atoms with Crippen molar-refractivity contribution in [2.75, 3.05) is 13.6 Å². The van der Waals surface area contributed by atoms with E-state index in [9.17, 15) is 9.59 Å². The maximum Gasteiger partial charge on any atom is 0.410 e. The number of carbonyl (C=O) groups is 2. The fraction of sp³-hybridized carbons (Fsp3) is 0.676. The number of ether oxygens (including phenoxy) is 1. The zero-order chi connectivity index (χ0) is 29.9. The molecule has 1 aliphatic carbocycles. The van der Waals surface area contributed by atoms with E-state index < -0.39 is 5.60 Å². The maximum atomic E-state index is 13.0. The van der Waals surface area contributed by atoms with Crippen molar-refractivity contribution in [2.24, 2.45) is 22.7 Å². The average molecular weight is 541 g/mol. The third kappa shape index (κ3) is 11.7. The molecular weight excluding hydrogens is 484 g/mol. The van der Waals surface area contributed by atoms with Crippen molar-refractivity contribution in [2.45, 2.75) is 119 Å². The summed E-state index contributed by atoms with van der Waals surface area (Å²) >= 11 is 0. The van der Waals surface area contributed by atoms with Crippen molar-refractivity contribution in [3.05, 3.63) is 47.1 Å². The number of hydrogen-bond acceptors (Lipinski definition) is 4. The molecule has 0 aromatic heterocycles. The molecule has 0 bridgehead atoms. The third-order valence-corrected chi connectivity index (χ3v) is 7.50. The number of rotatable bonds is 13. The second kappa shape index (κ2) is 16.0. The highest BCUT2D eigenvalue weighted by Crippen LogP contribution is 2.34. The molecule has 0 spiro atoms. The highest BCUT2D eigenvalue weighted by molar-refractivity contribution is 6.09. The van der Waals surface area contributed by atoms with Crippen LogP contribution in [0.15, 0.2) is 52.1 Å². The van der Waals surface area contributed by atoms with Gasteiger partial charge in [-0.15, -0.1) is 0 Å². The van der Waals surface area contributed by atoms with Gasteiger partial charge in [0.05, 0.1) is 0 Å². The molecule has 1 saturated carbocycles. The van der Waals surface area contributed by atoms with Gasteiger partial charge in [-0.3, -0.25) is 9.79 Å². The quantitative estimate of drug-likeness (QED) is 0.0770. The van der Waals surface area contributed by atoms with Crippen LogP contribution in [0.3, 0.4) is 0 Å². The van der Waals surface area contributed by atoms with Crippen molar-refractivity contribution in [3.8, 4) is 0 Å². The molecule has 0 heterocycles. The Labute approximate surface area is 239 Å². The minimum absolute atomic E-state index is 0.0853. The number of aliphatic imine (C=N–C) groups is 1.